The molecular formula is C36H35N3O2. The number of benzene rings is 4. The van der Waals surface area contributed by atoms with Gasteiger partial charge in [-0.25, -0.2) is 0 Å². The first-order chi connectivity index (χ1) is 20.1. The summed E-state index contributed by atoms with van der Waals surface area (Å²) in [5, 5.41) is 3.63. The monoisotopic (exact) mass is 541 g/mol. The van der Waals surface area contributed by atoms with Crippen LogP contribution in [0.25, 0.3) is 0 Å². The van der Waals surface area contributed by atoms with Crippen molar-refractivity contribution in [2.45, 2.75) is 38.6 Å². The van der Waals surface area contributed by atoms with Gasteiger partial charge in [0.2, 0.25) is 0 Å². The summed E-state index contributed by atoms with van der Waals surface area (Å²) in [5.74, 6) is 0.0117. The highest BCUT2D eigenvalue weighted by molar-refractivity contribution is 6.12. The number of nitrogens with zero attached hydrogens (tertiary/aromatic N) is 2. The van der Waals surface area contributed by atoms with Gasteiger partial charge in [-0.05, 0) is 73.7 Å². The number of amides is 1. The molecule has 0 saturated heterocycles. The number of anilines is 3. The quantitative estimate of drug-likeness (QED) is 0.271. The van der Waals surface area contributed by atoms with Crippen molar-refractivity contribution < 1.29 is 9.59 Å². The molecule has 1 heterocycles. The van der Waals surface area contributed by atoms with E-state index < -0.39 is 6.04 Å². The van der Waals surface area contributed by atoms with Gasteiger partial charge in [-0.15, -0.1) is 0 Å². The van der Waals surface area contributed by atoms with Crippen LogP contribution < -0.4 is 15.1 Å². The van der Waals surface area contributed by atoms with Crippen LogP contribution in [0.1, 0.15) is 60.1 Å². The second-order valence-corrected chi connectivity index (χ2v) is 10.7. The number of hydrogen-bond donors (Lipinski definition) is 1. The zero-order valence-corrected chi connectivity index (χ0v) is 23.6. The van der Waals surface area contributed by atoms with Gasteiger partial charge in [-0.3, -0.25) is 14.5 Å². The maximum Gasteiger partial charge on any atom is 0.259 e. The molecule has 1 amide bonds. The van der Waals surface area contributed by atoms with E-state index in [2.05, 4.69) is 60.5 Å². The molecule has 6 rings (SSSR count). The van der Waals surface area contributed by atoms with E-state index in [1.165, 1.54) is 0 Å². The third kappa shape index (κ3) is 5.04. The van der Waals surface area contributed by atoms with Crippen molar-refractivity contribution in [2.75, 3.05) is 28.2 Å². The molecule has 0 saturated carbocycles. The first-order valence-electron chi connectivity index (χ1n) is 14.5. The molecule has 0 bridgehead atoms. The standard InChI is InChI=1S/C36H35N3O2/c1-3-38(4-2)29-21-19-26(20-22-29)35-34-31(23-28(24-33(34)40)25-13-7-5-8-14-25)37-30-17-11-12-18-32(30)39(35)36(41)27-15-9-6-10-16-27/h5-22,28,35,37H,3-4,23-24H2,1-2H3. The van der Waals surface area contributed by atoms with Gasteiger partial charge in [0, 0.05) is 42.0 Å². The predicted molar refractivity (Wildman–Crippen MR) is 167 cm³/mol. The van der Waals surface area contributed by atoms with E-state index in [1.54, 1.807) is 0 Å². The number of carbonyl (C=O) groups is 2. The van der Waals surface area contributed by atoms with Gasteiger partial charge >= 0.3 is 0 Å². The minimum absolute atomic E-state index is 0.0732. The maximum atomic E-state index is 14.4. The number of ketones is 1. The van der Waals surface area contributed by atoms with Crippen LogP contribution in [0.15, 0.2) is 120 Å². The molecule has 5 nitrogen and oxygen atoms in total. The smallest absolute Gasteiger partial charge is 0.259 e. The number of carbonyl (C=O) groups excluding carboxylic acids is 2. The van der Waals surface area contributed by atoms with Crippen LogP contribution in [0, 0.1) is 0 Å². The molecule has 4 aromatic rings. The average Bonchev–Trinajstić information content (AvgIpc) is 3.17. The molecule has 0 fully saturated rings. The van der Waals surface area contributed by atoms with Gasteiger partial charge in [-0.1, -0.05) is 72.8 Å². The van der Waals surface area contributed by atoms with Gasteiger partial charge in [0.05, 0.1) is 17.4 Å². The number of fused-ring (bicyclic) bond motifs is 1. The van der Waals surface area contributed by atoms with Crippen molar-refractivity contribution in [1.29, 1.82) is 0 Å². The Hall–Kier alpha value is -4.64. The van der Waals surface area contributed by atoms with E-state index in [-0.39, 0.29) is 17.6 Å². The Morgan fingerprint density at radius 1 is 0.780 bits per heavy atom. The fourth-order valence-electron chi connectivity index (χ4n) is 6.27. The van der Waals surface area contributed by atoms with Gasteiger partial charge in [0.25, 0.3) is 5.91 Å². The minimum atomic E-state index is -0.566. The highest BCUT2D eigenvalue weighted by Gasteiger charge is 2.41. The van der Waals surface area contributed by atoms with Gasteiger partial charge in [-0.2, -0.15) is 0 Å². The van der Waals surface area contributed by atoms with E-state index in [0.717, 1.165) is 47.0 Å². The Kier molecular flexibility index (Phi) is 7.43. The zero-order valence-electron chi connectivity index (χ0n) is 23.6. The van der Waals surface area contributed by atoms with Crippen LogP contribution in [0.4, 0.5) is 17.1 Å². The van der Waals surface area contributed by atoms with Crippen molar-refractivity contribution >= 4 is 28.8 Å². The van der Waals surface area contributed by atoms with E-state index >= 15 is 0 Å². The highest BCUT2D eigenvalue weighted by atomic mass is 16.2. The molecule has 2 unspecified atom stereocenters. The summed E-state index contributed by atoms with van der Waals surface area (Å²) in [7, 11) is 0. The zero-order chi connectivity index (χ0) is 28.3. The Morgan fingerprint density at radius 3 is 2.10 bits per heavy atom. The van der Waals surface area contributed by atoms with Crippen molar-refractivity contribution in [3.05, 3.63) is 137 Å². The van der Waals surface area contributed by atoms with Crippen molar-refractivity contribution in [2.24, 2.45) is 0 Å². The van der Waals surface area contributed by atoms with Crippen molar-refractivity contribution in [1.82, 2.24) is 0 Å². The molecular weight excluding hydrogens is 506 g/mol. The predicted octanol–water partition coefficient (Wildman–Crippen LogP) is 7.75. The second-order valence-electron chi connectivity index (χ2n) is 10.7. The topological polar surface area (TPSA) is 52.7 Å². The summed E-state index contributed by atoms with van der Waals surface area (Å²) in [6, 6.07) is 35.3. The molecule has 206 valence electrons. The molecule has 1 N–H and O–H groups in total. The van der Waals surface area contributed by atoms with Crippen LogP contribution in [0.2, 0.25) is 0 Å². The average molecular weight is 542 g/mol. The minimum Gasteiger partial charge on any atom is -0.372 e. The van der Waals surface area contributed by atoms with Crippen LogP contribution in [-0.2, 0) is 4.79 Å². The summed E-state index contributed by atoms with van der Waals surface area (Å²) in [6.07, 6.45) is 1.10. The van der Waals surface area contributed by atoms with Crippen molar-refractivity contribution in [3.8, 4) is 0 Å². The largest absolute Gasteiger partial charge is 0.372 e. The van der Waals surface area contributed by atoms with Crippen LogP contribution in [0.3, 0.4) is 0 Å². The molecule has 1 aliphatic heterocycles. The van der Waals surface area contributed by atoms with E-state index in [1.807, 2.05) is 77.7 Å². The van der Waals surface area contributed by atoms with E-state index in [4.69, 9.17) is 0 Å². The normalized spacial score (nSPS) is 18.2. The first kappa shape index (κ1) is 26.6. The van der Waals surface area contributed by atoms with Gasteiger partial charge < -0.3 is 10.2 Å². The molecule has 4 aromatic carbocycles. The van der Waals surface area contributed by atoms with Crippen LogP contribution in [0.5, 0.6) is 0 Å². The summed E-state index contributed by atoms with van der Waals surface area (Å²) in [5.41, 5.74) is 6.94. The lowest BCUT2D eigenvalue weighted by Crippen LogP contribution is -2.38. The molecule has 1 aliphatic carbocycles. The molecule has 5 heteroatoms. The number of rotatable bonds is 6. The van der Waals surface area contributed by atoms with Crippen LogP contribution in [-0.4, -0.2) is 24.8 Å². The molecule has 0 aromatic heterocycles. The van der Waals surface area contributed by atoms with Crippen LogP contribution >= 0.6 is 0 Å². The summed E-state index contributed by atoms with van der Waals surface area (Å²) in [6.45, 7) is 6.10. The Morgan fingerprint density at radius 2 is 1.41 bits per heavy atom. The molecule has 0 radical (unpaired) electrons. The number of allylic oxidation sites excluding steroid dienone is 1. The number of hydrogen-bond acceptors (Lipinski definition) is 4. The number of Topliss-reactive ketones (excluding diaryl/α,β-unsaturated/α-hetero) is 1. The third-order valence-electron chi connectivity index (χ3n) is 8.34. The lowest BCUT2D eigenvalue weighted by atomic mass is 9.78. The molecule has 2 aliphatic rings. The molecule has 0 spiro atoms. The fourth-order valence-corrected chi connectivity index (χ4v) is 6.27. The number of nitrogens with one attached hydrogen (secondary N) is 1. The van der Waals surface area contributed by atoms with Crippen molar-refractivity contribution in [3.63, 3.8) is 0 Å². The van der Waals surface area contributed by atoms with E-state index in [0.29, 0.717) is 24.0 Å². The van der Waals surface area contributed by atoms with E-state index in [9.17, 15) is 9.59 Å². The summed E-state index contributed by atoms with van der Waals surface area (Å²) >= 11 is 0. The SMILES string of the molecule is CCN(CC)c1ccc(C2C3=C(CC(c4ccccc4)CC3=O)Nc3ccccc3N2C(=O)c2ccccc2)cc1. The number of para-hydroxylation sites is 2. The summed E-state index contributed by atoms with van der Waals surface area (Å²) < 4.78 is 0. The lowest BCUT2D eigenvalue weighted by Gasteiger charge is -2.35. The van der Waals surface area contributed by atoms with Gasteiger partial charge in [0.1, 0.15) is 0 Å². The Labute approximate surface area is 242 Å². The maximum absolute atomic E-state index is 14.4. The highest BCUT2D eigenvalue weighted by Crippen LogP contribution is 2.48. The first-order valence-corrected chi connectivity index (χ1v) is 14.5. The molecule has 41 heavy (non-hydrogen) atoms. The summed E-state index contributed by atoms with van der Waals surface area (Å²) in [4.78, 5) is 32.7. The fraction of sp³-hybridized carbons (Fsp3) is 0.222. The van der Waals surface area contributed by atoms with Gasteiger partial charge in [0.15, 0.2) is 5.78 Å². The Bertz CT molecular complexity index is 1570. The second kappa shape index (κ2) is 11.5. The lowest BCUT2D eigenvalue weighted by molar-refractivity contribution is -0.116. The third-order valence-corrected chi connectivity index (χ3v) is 8.34. The Balaban J connectivity index is 1.54. The molecule has 2 atom stereocenters.